The average Bonchev–Trinajstić information content (AvgIpc) is 2.52. The molecule has 0 unspecified atom stereocenters. The topological polar surface area (TPSA) is 104 Å². The molecule has 1 saturated heterocycles. The number of carbonyl (C=O) groups excluding carboxylic acids is 1. The van der Waals surface area contributed by atoms with E-state index in [1.54, 1.807) is 24.3 Å². The molecule has 2 atom stereocenters. The molecule has 1 aliphatic heterocycles. The smallest absolute Gasteiger partial charge is 0.411 e. The van der Waals surface area contributed by atoms with Gasteiger partial charge in [0.25, 0.3) is 0 Å². The lowest BCUT2D eigenvalue weighted by molar-refractivity contribution is -0.148. The molecule has 2 rings (SSSR count). The Bertz CT molecular complexity index is 573. The summed E-state index contributed by atoms with van der Waals surface area (Å²) in [5.41, 5.74) is 0.777. The van der Waals surface area contributed by atoms with Crippen LogP contribution < -0.4 is 0 Å². The molecule has 23 heavy (non-hydrogen) atoms. The van der Waals surface area contributed by atoms with Crippen LogP contribution in [-0.4, -0.2) is 45.2 Å². The zero-order chi connectivity index (χ0) is 16.8. The molecular formula is C16H19NO6. The molecule has 1 amide bonds. The fraction of sp³-hybridized carbons (Fsp3) is 0.438. The number of carboxylic acid groups (broad SMARTS) is 2. The second kappa shape index (κ2) is 7.62. The number of hydrogen-bond acceptors (Lipinski definition) is 4. The molecule has 1 heterocycles. The van der Waals surface area contributed by atoms with Gasteiger partial charge in [0.1, 0.15) is 12.6 Å². The van der Waals surface area contributed by atoms with Gasteiger partial charge in [-0.05, 0) is 24.8 Å². The van der Waals surface area contributed by atoms with Gasteiger partial charge in [-0.1, -0.05) is 30.3 Å². The van der Waals surface area contributed by atoms with Crippen LogP contribution in [0.15, 0.2) is 30.3 Å². The van der Waals surface area contributed by atoms with Crippen molar-refractivity contribution in [3.63, 3.8) is 0 Å². The van der Waals surface area contributed by atoms with Crippen molar-refractivity contribution in [3.05, 3.63) is 35.9 Å². The van der Waals surface area contributed by atoms with E-state index in [2.05, 4.69) is 0 Å². The molecule has 0 aliphatic carbocycles. The van der Waals surface area contributed by atoms with Crippen molar-refractivity contribution in [1.29, 1.82) is 0 Å². The van der Waals surface area contributed by atoms with Crippen molar-refractivity contribution < 1.29 is 29.3 Å². The fourth-order valence-electron chi connectivity index (χ4n) is 2.79. The number of likely N-dealkylation sites (tertiary alicyclic amines) is 1. The molecule has 0 radical (unpaired) electrons. The number of carboxylic acids is 2. The standard InChI is InChI=1S/C16H19NO6/c18-14(19)9-12-7-4-8-13(15(20)21)17(12)16(22)23-10-11-5-2-1-3-6-11/h1-3,5-6,12-13H,4,7-10H2,(H,18,19)(H,20,21)/t12-,13+/m1/s1. The SMILES string of the molecule is O=C(O)C[C@H]1CCC[C@@H](C(=O)O)N1C(=O)OCc1ccccc1. The first-order chi connectivity index (χ1) is 11.0. The number of nitrogens with zero attached hydrogens (tertiary/aromatic N) is 1. The van der Waals surface area contributed by atoms with E-state index in [4.69, 9.17) is 9.84 Å². The lowest BCUT2D eigenvalue weighted by atomic mass is 9.94. The lowest BCUT2D eigenvalue weighted by Gasteiger charge is -2.38. The fourth-order valence-corrected chi connectivity index (χ4v) is 2.79. The monoisotopic (exact) mass is 321 g/mol. The van der Waals surface area contributed by atoms with Crippen LogP contribution in [0.3, 0.4) is 0 Å². The van der Waals surface area contributed by atoms with E-state index in [0.717, 1.165) is 10.5 Å². The van der Waals surface area contributed by atoms with Crippen molar-refractivity contribution in [1.82, 2.24) is 4.90 Å². The van der Waals surface area contributed by atoms with E-state index >= 15 is 0 Å². The van der Waals surface area contributed by atoms with Gasteiger partial charge in [0.15, 0.2) is 0 Å². The van der Waals surface area contributed by atoms with Crippen molar-refractivity contribution in [2.75, 3.05) is 0 Å². The summed E-state index contributed by atoms with van der Waals surface area (Å²) in [7, 11) is 0. The third kappa shape index (κ3) is 4.45. The Morgan fingerprint density at radius 1 is 1.13 bits per heavy atom. The quantitative estimate of drug-likeness (QED) is 0.860. The zero-order valence-electron chi connectivity index (χ0n) is 12.6. The molecule has 1 fully saturated rings. The summed E-state index contributed by atoms with van der Waals surface area (Å²) >= 11 is 0. The molecule has 1 aromatic rings. The van der Waals surface area contributed by atoms with Gasteiger partial charge in [-0.2, -0.15) is 0 Å². The van der Waals surface area contributed by atoms with Crippen LogP contribution in [0, 0.1) is 0 Å². The summed E-state index contributed by atoms with van der Waals surface area (Å²) in [6, 6.07) is 7.30. The molecule has 1 aliphatic rings. The third-order valence-electron chi connectivity index (χ3n) is 3.86. The van der Waals surface area contributed by atoms with E-state index in [1.807, 2.05) is 6.07 Å². The first-order valence-corrected chi connectivity index (χ1v) is 7.42. The number of hydrogen-bond donors (Lipinski definition) is 2. The highest BCUT2D eigenvalue weighted by Gasteiger charge is 2.40. The normalized spacial score (nSPS) is 20.8. The Balaban J connectivity index is 2.09. The highest BCUT2D eigenvalue weighted by molar-refractivity contribution is 5.81. The minimum absolute atomic E-state index is 0.0162. The van der Waals surface area contributed by atoms with Gasteiger partial charge in [-0.3, -0.25) is 9.69 Å². The molecule has 0 bridgehead atoms. The number of piperidine rings is 1. The largest absolute Gasteiger partial charge is 0.481 e. The van der Waals surface area contributed by atoms with Crippen LogP contribution in [-0.2, 0) is 20.9 Å². The van der Waals surface area contributed by atoms with Crippen molar-refractivity contribution in [2.24, 2.45) is 0 Å². The van der Waals surface area contributed by atoms with Gasteiger partial charge in [-0.25, -0.2) is 9.59 Å². The number of carbonyl (C=O) groups is 3. The number of benzene rings is 1. The zero-order valence-corrected chi connectivity index (χ0v) is 12.6. The molecule has 7 nitrogen and oxygen atoms in total. The summed E-state index contributed by atoms with van der Waals surface area (Å²) in [6.07, 6.45) is 0.247. The van der Waals surface area contributed by atoms with E-state index in [1.165, 1.54) is 0 Å². The van der Waals surface area contributed by atoms with Crippen molar-refractivity contribution in [2.45, 2.75) is 44.4 Å². The first-order valence-electron chi connectivity index (χ1n) is 7.42. The van der Waals surface area contributed by atoms with E-state index in [-0.39, 0.29) is 13.0 Å². The maximum atomic E-state index is 12.3. The number of ether oxygens (including phenoxy) is 1. The van der Waals surface area contributed by atoms with Crippen LogP contribution in [0.1, 0.15) is 31.2 Å². The van der Waals surface area contributed by atoms with Crippen LogP contribution in [0.4, 0.5) is 4.79 Å². The molecular weight excluding hydrogens is 302 g/mol. The lowest BCUT2D eigenvalue weighted by Crippen LogP contribution is -2.54. The number of amides is 1. The summed E-state index contributed by atoms with van der Waals surface area (Å²) in [5, 5.41) is 18.3. The van der Waals surface area contributed by atoms with Gasteiger partial charge in [-0.15, -0.1) is 0 Å². The second-order valence-corrected chi connectivity index (χ2v) is 5.48. The molecule has 0 aromatic heterocycles. The van der Waals surface area contributed by atoms with Gasteiger partial charge in [0.2, 0.25) is 0 Å². The Hall–Kier alpha value is -2.57. The van der Waals surface area contributed by atoms with Crippen molar-refractivity contribution in [3.8, 4) is 0 Å². The van der Waals surface area contributed by atoms with E-state index in [9.17, 15) is 19.5 Å². The van der Waals surface area contributed by atoms with Crippen LogP contribution in [0.25, 0.3) is 0 Å². The highest BCUT2D eigenvalue weighted by atomic mass is 16.6. The molecule has 124 valence electrons. The summed E-state index contributed by atoms with van der Waals surface area (Å²) in [6.45, 7) is 0.0162. The molecule has 0 spiro atoms. The van der Waals surface area contributed by atoms with Gasteiger partial charge >= 0.3 is 18.0 Å². The highest BCUT2D eigenvalue weighted by Crippen LogP contribution is 2.26. The Morgan fingerprint density at radius 3 is 2.43 bits per heavy atom. The Kier molecular flexibility index (Phi) is 5.56. The maximum Gasteiger partial charge on any atom is 0.411 e. The third-order valence-corrected chi connectivity index (χ3v) is 3.86. The van der Waals surface area contributed by atoms with E-state index < -0.39 is 30.1 Å². The van der Waals surface area contributed by atoms with E-state index in [0.29, 0.717) is 19.3 Å². The second-order valence-electron chi connectivity index (χ2n) is 5.48. The van der Waals surface area contributed by atoms with Gasteiger partial charge < -0.3 is 14.9 Å². The summed E-state index contributed by atoms with van der Waals surface area (Å²) in [4.78, 5) is 35.7. The van der Waals surface area contributed by atoms with Crippen LogP contribution in [0.5, 0.6) is 0 Å². The van der Waals surface area contributed by atoms with Crippen LogP contribution >= 0.6 is 0 Å². The predicted octanol–water partition coefficient (Wildman–Crippen LogP) is 2.11. The maximum absolute atomic E-state index is 12.3. The summed E-state index contributed by atoms with van der Waals surface area (Å²) < 4.78 is 5.19. The van der Waals surface area contributed by atoms with Crippen molar-refractivity contribution >= 4 is 18.0 Å². The molecule has 7 heteroatoms. The summed E-state index contributed by atoms with van der Waals surface area (Å²) in [5.74, 6) is -2.21. The minimum atomic E-state index is -1.14. The Morgan fingerprint density at radius 2 is 1.83 bits per heavy atom. The first kappa shape index (κ1) is 16.8. The number of aliphatic carboxylic acids is 2. The van der Waals surface area contributed by atoms with Crippen LogP contribution in [0.2, 0.25) is 0 Å². The molecule has 1 aromatic carbocycles. The minimum Gasteiger partial charge on any atom is -0.481 e. The van der Waals surface area contributed by atoms with Gasteiger partial charge in [0, 0.05) is 6.04 Å². The predicted molar refractivity (Wildman–Crippen MR) is 79.8 cm³/mol. The molecule has 0 saturated carbocycles. The van der Waals surface area contributed by atoms with Gasteiger partial charge in [0.05, 0.1) is 6.42 Å². The average molecular weight is 321 g/mol. The Labute approximate surface area is 133 Å². The number of rotatable bonds is 5. The molecule has 2 N–H and O–H groups in total.